The van der Waals surface area contributed by atoms with E-state index in [0.717, 1.165) is 24.8 Å². The summed E-state index contributed by atoms with van der Waals surface area (Å²) < 4.78 is 0. The lowest BCUT2D eigenvalue weighted by atomic mass is 9.97. The molecule has 2 fully saturated rings. The summed E-state index contributed by atoms with van der Waals surface area (Å²) in [7, 11) is 0. The van der Waals surface area contributed by atoms with Crippen LogP contribution in [0.4, 0.5) is 0 Å². The van der Waals surface area contributed by atoms with Gasteiger partial charge in [-0.15, -0.1) is 0 Å². The molecule has 1 saturated heterocycles. The lowest BCUT2D eigenvalue weighted by molar-refractivity contribution is -0.129. The molecule has 0 unspecified atom stereocenters. The Labute approximate surface area is 154 Å². The number of carbonyl (C=O) groups is 2. The molecule has 4 rings (SSSR count). The normalized spacial score (nSPS) is 20.8. The molecule has 0 aromatic heterocycles. The van der Waals surface area contributed by atoms with Crippen molar-refractivity contribution in [2.45, 2.75) is 37.8 Å². The van der Waals surface area contributed by atoms with Gasteiger partial charge in [0, 0.05) is 19.0 Å². The van der Waals surface area contributed by atoms with E-state index in [1.807, 2.05) is 53.4 Å². The molecule has 2 atom stereocenters. The summed E-state index contributed by atoms with van der Waals surface area (Å²) in [5.74, 6) is -0.108. The molecule has 0 spiro atoms. The van der Waals surface area contributed by atoms with Gasteiger partial charge in [-0.05, 0) is 30.4 Å². The molecule has 1 aliphatic carbocycles. The van der Waals surface area contributed by atoms with Crippen LogP contribution in [0.25, 0.3) is 0 Å². The van der Waals surface area contributed by atoms with E-state index in [0.29, 0.717) is 19.0 Å². The van der Waals surface area contributed by atoms with Gasteiger partial charge in [-0.25, -0.2) is 0 Å². The van der Waals surface area contributed by atoms with Gasteiger partial charge in [-0.2, -0.15) is 0 Å². The van der Waals surface area contributed by atoms with Gasteiger partial charge in [0.1, 0.15) is 0 Å². The lowest BCUT2D eigenvalue weighted by Gasteiger charge is -2.22. The predicted molar refractivity (Wildman–Crippen MR) is 100 cm³/mol. The van der Waals surface area contributed by atoms with Gasteiger partial charge >= 0.3 is 0 Å². The van der Waals surface area contributed by atoms with E-state index in [1.54, 1.807) is 0 Å². The highest BCUT2D eigenvalue weighted by Crippen LogP contribution is 2.33. The maximum Gasteiger partial charge on any atom is 0.225 e. The van der Waals surface area contributed by atoms with E-state index in [1.165, 1.54) is 5.56 Å². The molecule has 2 amide bonds. The van der Waals surface area contributed by atoms with Crippen molar-refractivity contribution in [3.8, 4) is 0 Å². The maximum atomic E-state index is 12.9. The highest BCUT2D eigenvalue weighted by Gasteiger charge is 2.42. The number of nitrogens with zero attached hydrogens (tertiary/aromatic N) is 1. The molecular weight excluding hydrogens is 324 g/mol. The number of hydrogen-bond donors (Lipinski definition) is 1. The van der Waals surface area contributed by atoms with Gasteiger partial charge in [0.15, 0.2) is 0 Å². The van der Waals surface area contributed by atoms with Crippen molar-refractivity contribution in [2.75, 3.05) is 6.54 Å². The molecule has 1 heterocycles. The molecular formula is C22H24N2O2. The quantitative estimate of drug-likeness (QED) is 0.872. The predicted octanol–water partition coefficient (Wildman–Crippen LogP) is 3.10. The van der Waals surface area contributed by atoms with Crippen LogP contribution in [0.15, 0.2) is 60.7 Å². The average molecular weight is 348 g/mol. The molecule has 0 bridgehead atoms. The van der Waals surface area contributed by atoms with E-state index < -0.39 is 0 Å². The SMILES string of the molecule is O=C(N[C@@H](Cc1ccccc1)c1ccccc1)[C@H]1CC(=O)N(C2CC2)C1. The zero-order valence-electron chi connectivity index (χ0n) is 14.8. The van der Waals surface area contributed by atoms with Crippen molar-refractivity contribution < 1.29 is 9.59 Å². The van der Waals surface area contributed by atoms with Crippen LogP contribution in [-0.4, -0.2) is 29.3 Å². The lowest BCUT2D eigenvalue weighted by Crippen LogP contribution is -2.36. The van der Waals surface area contributed by atoms with Crippen molar-refractivity contribution in [3.05, 3.63) is 71.8 Å². The van der Waals surface area contributed by atoms with Crippen LogP contribution < -0.4 is 5.32 Å². The topological polar surface area (TPSA) is 49.4 Å². The first-order valence-corrected chi connectivity index (χ1v) is 9.39. The highest BCUT2D eigenvalue weighted by molar-refractivity contribution is 5.89. The Kier molecular flexibility index (Phi) is 4.74. The van der Waals surface area contributed by atoms with Gasteiger partial charge in [0.2, 0.25) is 11.8 Å². The third kappa shape index (κ3) is 3.79. The van der Waals surface area contributed by atoms with Gasteiger partial charge < -0.3 is 10.2 Å². The summed E-state index contributed by atoms with van der Waals surface area (Å²) in [4.78, 5) is 26.9. The molecule has 2 aromatic rings. The number of carbonyl (C=O) groups excluding carboxylic acids is 2. The second-order valence-electron chi connectivity index (χ2n) is 7.34. The summed E-state index contributed by atoms with van der Waals surface area (Å²) >= 11 is 0. The van der Waals surface area contributed by atoms with Crippen LogP contribution >= 0.6 is 0 Å². The largest absolute Gasteiger partial charge is 0.349 e. The highest BCUT2D eigenvalue weighted by atomic mass is 16.2. The Balaban J connectivity index is 1.47. The van der Waals surface area contributed by atoms with E-state index in [4.69, 9.17) is 0 Å². The van der Waals surface area contributed by atoms with Crippen LogP contribution in [0.3, 0.4) is 0 Å². The molecule has 26 heavy (non-hydrogen) atoms. The fourth-order valence-electron chi connectivity index (χ4n) is 3.72. The summed E-state index contributed by atoms with van der Waals surface area (Å²) in [5, 5.41) is 3.21. The fourth-order valence-corrected chi connectivity index (χ4v) is 3.72. The van der Waals surface area contributed by atoms with Crippen LogP contribution in [0.1, 0.15) is 36.4 Å². The van der Waals surface area contributed by atoms with Crippen molar-refractivity contribution in [3.63, 3.8) is 0 Å². The van der Waals surface area contributed by atoms with Crippen LogP contribution in [-0.2, 0) is 16.0 Å². The van der Waals surface area contributed by atoms with E-state index in [2.05, 4.69) is 17.4 Å². The standard InChI is InChI=1S/C22H24N2O2/c25-21-14-18(15-24(21)19-11-12-19)22(26)23-20(17-9-5-2-6-10-17)13-16-7-3-1-4-8-16/h1-10,18-20H,11-15H2,(H,23,26)/t18-,20-/m0/s1. The summed E-state index contributed by atoms with van der Waals surface area (Å²) in [6, 6.07) is 20.5. The fraction of sp³-hybridized carbons (Fsp3) is 0.364. The minimum atomic E-state index is -0.231. The average Bonchev–Trinajstić information content (AvgIpc) is 3.44. The van der Waals surface area contributed by atoms with Crippen LogP contribution in [0, 0.1) is 5.92 Å². The molecule has 2 aliphatic rings. The summed E-state index contributed by atoms with van der Waals surface area (Å²) in [5.41, 5.74) is 2.27. The zero-order valence-corrected chi connectivity index (χ0v) is 14.8. The number of benzene rings is 2. The summed E-state index contributed by atoms with van der Waals surface area (Å²) in [6.45, 7) is 0.572. The number of hydrogen-bond acceptors (Lipinski definition) is 2. The van der Waals surface area contributed by atoms with Crippen molar-refractivity contribution >= 4 is 11.8 Å². The maximum absolute atomic E-state index is 12.9. The van der Waals surface area contributed by atoms with E-state index >= 15 is 0 Å². The second-order valence-corrected chi connectivity index (χ2v) is 7.34. The van der Waals surface area contributed by atoms with Gasteiger partial charge in [0.05, 0.1) is 12.0 Å². The number of nitrogens with one attached hydrogen (secondary N) is 1. The second kappa shape index (κ2) is 7.32. The molecule has 1 aliphatic heterocycles. The van der Waals surface area contributed by atoms with Crippen LogP contribution in [0.5, 0.6) is 0 Å². The van der Waals surface area contributed by atoms with Crippen molar-refractivity contribution in [1.82, 2.24) is 10.2 Å². The van der Waals surface area contributed by atoms with E-state index in [9.17, 15) is 9.59 Å². The number of likely N-dealkylation sites (tertiary alicyclic amines) is 1. The molecule has 134 valence electrons. The Morgan fingerprint density at radius 1 is 1.04 bits per heavy atom. The van der Waals surface area contributed by atoms with Gasteiger partial charge in [-0.3, -0.25) is 9.59 Å². The van der Waals surface area contributed by atoms with Crippen molar-refractivity contribution in [1.29, 1.82) is 0 Å². The molecule has 1 saturated carbocycles. The Morgan fingerprint density at radius 2 is 1.69 bits per heavy atom. The molecule has 0 radical (unpaired) electrons. The Morgan fingerprint density at radius 3 is 2.35 bits per heavy atom. The zero-order chi connectivity index (χ0) is 17.9. The first kappa shape index (κ1) is 16.8. The Hall–Kier alpha value is -2.62. The third-order valence-electron chi connectivity index (χ3n) is 5.32. The van der Waals surface area contributed by atoms with Gasteiger partial charge in [0.25, 0.3) is 0 Å². The number of rotatable bonds is 6. The third-order valence-corrected chi connectivity index (χ3v) is 5.32. The van der Waals surface area contributed by atoms with E-state index in [-0.39, 0.29) is 23.8 Å². The molecule has 4 heteroatoms. The minimum Gasteiger partial charge on any atom is -0.349 e. The smallest absolute Gasteiger partial charge is 0.225 e. The van der Waals surface area contributed by atoms with Gasteiger partial charge in [-0.1, -0.05) is 60.7 Å². The first-order valence-electron chi connectivity index (χ1n) is 9.39. The van der Waals surface area contributed by atoms with Crippen molar-refractivity contribution in [2.24, 2.45) is 5.92 Å². The number of amides is 2. The van der Waals surface area contributed by atoms with Crippen LogP contribution in [0.2, 0.25) is 0 Å². The first-order chi connectivity index (χ1) is 12.7. The minimum absolute atomic E-state index is 0.00807. The monoisotopic (exact) mass is 348 g/mol. The molecule has 1 N–H and O–H groups in total. The Bertz CT molecular complexity index is 771. The molecule has 2 aromatic carbocycles. The summed E-state index contributed by atoms with van der Waals surface area (Å²) in [6.07, 6.45) is 3.25. The molecule has 4 nitrogen and oxygen atoms in total.